The molecule has 0 aliphatic heterocycles. The van der Waals surface area contributed by atoms with Crippen LogP contribution in [0.4, 0.5) is 0 Å². The van der Waals surface area contributed by atoms with E-state index in [1.807, 2.05) is 0 Å². The van der Waals surface area contributed by atoms with E-state index in [4.69, 9.17) is 0 Å². The normalized spacial score (nSPS) is 8.70. The molecular weight excluding hydrogens is 209 g/mol. The van der Waals surface area contributed by atoms with Gasteiger partial charge in [-0.15, -0.1) is 0 Å². The largest absolute Gasteiger partial charge is 0.0617 e. The second kappa shape index (κ2) is 3.88. The molecule has 0 aliphatic rings. The van der Waals surface area contributed by atoms with Crippen molar-refractivity contribution in [2.75, 3.05) is 0 Å². The monoisotopic (exact) mass is 222 g/mol. The van der Waals surface area contributed by atoms with Gasteiger partial charge in [-0.25, -0.2) is 0 Å². The summed E-state index contributed by atoms with van der Waals surface area (Å²) in [5.41, 5.74) is 4.18. The molecule has 0 spiro atoms. The summed E-state index contributed by atoms with van der Waals surface area (Å²) in [4.78, 5) is 0. The van der Waals surface area contributed by atoms with Crippen molar-refractivity contribution >= 4 is 0 Å². The van der Waals surface area contributed by atoms with Crippen LogP contribution in [0.25, 0.3) is 0 Å². The molecule has 0 nitrogen and oxygen atoms in total. The van der Waals surface area contributed by atoms with E-state index in [0.717, 1.165) is 0 Å². The molecule has 56 valence electrons. The SMILES string of the molecule is Cc1cccc(C)c1C.[Ru]. The third kappa shape index (κ3) is 1.92. The first kappa shape index (κ1) is 9.84. The number of rotatable bonds is 0. The zero-order valence-corrected chi connectivity index (χ0v) is 8.32. The third-order valence-electron chi connectivity index (χ3n) is 1.88. The van der Waals surface area contributed by atoms with Crippen LogP contribution in [-0.2, 0) is 19.5 Å². The molecule has 1 aromatic rings. The summed E-state index contributed by atoms with van der Waals surface area (Å²) in [6, 6.07) is 6.38. The van der Waals surface area contributed by atoms with Gasteiger partial charge in [0, 0.05) is 19.5 Å². The number of hydrogen-bond acceptors (Lipinski definition) is 0. The van der Waals surface area contributed by atoms with Crippen LogP contribution in [0.3, 0.4) is 0 Å². The topological polar surface area (TPSA) is 0 Å². The van der Waals surface area contributed by atoms with E-state index in [1.165, 1.54) is 16.7 Å². The van der Waals surface area contributed by atoms with Crippen molar-refractivity contribution < 1.29 is 19.5 Å². The standard InChI is InChI=1S/C9H12.Ru/c1-7-5-4-6-8(2)9(7)3;/h4-6H,1-3H3;. The second-order valence-corrected chi connectivity index (χ2v) is 2.52. The van der Waals surface area contributed by atoms with E-state index < -0.39 is 0 Å². The Morgan fingerprint density at radius 3 is 1.60 bits per heavy atom. The molecule has 0 radical (unpaired) electrons. The molecule has 0 bridgehead atoms. The fraction of sp³-hybridized carbons (Fsp3) is 0.333. The minimum Gasteiger partial charge on any atom is -0.0617 e. The summed E-state index contributed by atoms with van der Waals surface area (Å²) in [6.45, 7) is 6.44. The van der Waals surface area contributed by atoms with Gasteiger partial charge in [0.25, 0.3) is 0 Å². The van der Waals surface area contributed by atoms with Gasteiger partial charge in [0.1, 0.15) is 0 Å². The van der Waals surface area contributed by atoms with Crippen LogP contribution < -0.4 is 0 Å². The molecular formula is C9H12Ru. The maximum Gasteiger partial charge on any atom is 0 e. The van der Waals surface area contributed by atoms with E-state index in [0.29, 0.717) is 0 Å². The molecule has 0 unspecified atom stereocenters. The molecule has 0 heterocycles. The Kier molecular flexibility index (Phi) is 3.82. The Morgan fingerprint density at radius 1 is 0.900 bits per heavy atom. The average molecular weight is 221 g/mol. The fourth-order valence-corrected chi connectivity index (χ4v) is 0.898. The van der Waals surface area contributed by atoms with Gasteiger partial charge in [-0.05, 0) is 37.5 Å². The Balaban J connectivity index is 0.000000810. The summed E-state index contributed by atoms with van der Waals surface area (Å²) in [7, 11) is 0. The Bertz CT molecular complexity index is 196. The predicted molar refractivity (Wildman–Crippen MR) is 40.7 cm³/mol. The summed E-state index contributed by atoms with van der Waals surface area (Å²) in [6.07, 6.45) is 0. The molecule has 0 N–H and O–H groups in total. The van der Waals surface area contributed by atoms with Gasteiger partial charge in [0.05, 0.1) is 0 Å². The fourth-order valence-electron chi connectivity index (χ4n) is 0.898. The van der Waals surface area contributed by atoms with Crippen LogP contribution in [0.5, 0.6) is 0 Å². The zero-order chi connectivity index (χ0) is 6.85. The van der Waals surface area contributed by atoms with E-state index >= 15 is 0 Å². The first-order valence-electron chi connectivity index (χ1n) is 3.24. The van der Waals surface area contributed by atoms with Crippen LogP contribution in [0.2, 0.25) is 0 Å². The molecule has 0 fully saturated rings. The molecule has 1 aromatic carbocycles. The van der Waals surface area contributed by atoms with Gasteiger partial charge >= 0.3 is 0 Å². The van der Waals surface area contributed by atoms with Gasteiger partial charge in [-0.1, -0.05) is 18.2 Å². The Labute approximate surface area is 75.4 Å². The predicted octanol–water partition coefficient (Wildman–Crippen LogP) is 2.61. The minimum absolute atomic E-state index is 0. The van der Waals surface area contributed by atoms with Gasteiger partial charge in [-0.3, -0.25) is 0 Å². The first-order valence-corrected chi connectivity index (χ1v) is 3.24. The maximum absolute atomic E-state index is 2.16. The van der Waals surface area contributed by atoms with Crippen molar-refractivity contribution in [1.29, 1.82) is 0 Å². The smallest absolute Gasteiger partial charge is 0 e. The van der Waals surface area contributed by atoms with Crippen molar-refractivity contribution in [1.82, 2.24) is 0 Å². The summed E-state index contributed by atoms with van der Waals surface area (Å²) >= 11 is 0. The summed E-state index contributed by atoms with van der Waals surface area (Å²) in [5, 5.41) is 0. The molecule has 0 aromatic heterocycles. The van der Waals surface area contributed by atoms with Gasteiger partial charge in [0.15, 0.2) is 0 Å². The van der Waals surface area contributed by atoms with Crippen molar-refractivity contribution in [2.45, 2.75) is 20.8 Å². The molecule has 10 heavy (non-hydrogen) atoms. The van der Waals surface area contributed by atoms with Crippen molar-refractivity contribution in [3.8, 4) is 0 Å². The quantitative estimate of drug-likeness (QED) is 0.591. The van der Waals surface area contributed by atoms with Crippen molar-refractivity contribution in [3.63, 3.8) is 0 Å². The van der Waals surface area contributed by atoms with Gasteiger partial charge in [0.2, 0.25) is 0 Å². The third-order valence-corrected chi connectivity index (χ3v) is 1.88. The maximum atomic E-state index is 2.16. The summed E-state index contributed by atoms with van der Waals surface area (Å²) < 4.78 is 0. The average Bonchev–Trinajstić information content (AvgIpc) is 1.83. The Morgan fingerprint density at radius 2 is 1.30 bits per heavy atom. The number of benzene rings is 1. The zero-order valence-electron chi connectivity index (χ0n) is 6.59. The van der Waals surface area contributed by atoms with Crippen LogP contribution in [0, 0.1) is 20.8 Å². The van der Waals surface area contributed by atoms with Crippen LogP contribution >= 0.6 is 0 Å². The number of hydrogen-bond donors (Lipinski definition) is 0. The molecule has 1 rings (SSSR count). The molecule has 0 aliphatic carbocycles. The van der Waals surface area contributed by atoms with Crippen LogP contribution in [0.1, 0.15) is 16.7 Å². The molecule has 1 heteroatoms. The molecule has 0 atom stereocenters. The van der Waals surface area contributed by atoms with Crippen molar-refractivity contribution in [3.05, 3.63) is 34.9 Å². The minimum atomic E-state index is 0. The Hall–Kier alpha value is -0.157. The first-order chi connectivity index (χ1) is 4.22. The molecule has 0 saturated heterocycles. The van der Waals surface area contributed by atoms with Crippen LogP contribution in [0.15, 0.2) is 18.2 Å². The second-order valence-electron chi connectivity index (χ2n) is 2.52. The molecule has 0 saturated carbocycles. The van der Waals surface area contributed by atoms with E-state index in [-0.39, 0.29) is 19.5 Å². The van der Waals surface area contributed by atoms with E-state index in [1.54, 1.807) is 0 Å². The van der Waals surface area contributed by atoms with Gasteiger partial charge < -0.3 is 0 Å². The van der Waals surface area contributed by atoms with E-state index in [9.17, 15) is 0 Å². The number of aryl methyl sites for hydroxylation is 2. The van der Waals surface area contributed by atoms with Crippen molar-refractivity contribution in [2.24, 2.45) is 0 Å². The summed E-state index contributed by atoms with van der Waals surface area (Å²) in [5.74, 6) is 0. The molecule has 0 amide bonds. The van der Waals surface area contributed by atoms with Crippen LogP contribution in [-0.4, -0.2) is 0 Å². The van der Waals surface area contributed by atoms with E-state index in [2.05, 4.69) is 39.0 Å². The van der Waals surface area contributed by atoms with Gasteiger partial charge in [-0.2, -0.15) is 0 Å².